The van der Waals surface area contributed by atoms with Gasteiger partial charge in [-0.05, 0) is 58.3 Å². The first-order valence-electron chi connectivity index (χ1n) is 7.34. The minimum absolute atomic E-state index is 0.321. The fourth-order valence-electron chi connectivity index (χ4n) is 3.09. The molecule has 1 N–H and O–H groups in total. The van der Waals surface area contributed by atoms with Crippen LogP contribution in [0.4, 0.5) is 0 Å². The van der Waals surface area contributed by atoms with E-state index in [1.165, 1.54) is 6.42 Å². The SMILES string of the molecule is CN1CCCC1CN(C)S(=O)(=O)CC1CCNCC1. The average molecular weight is 289 g/mol. The highest BCUT2D eigenvalue weighted by Crippen LogP contribution is 2.19. The maximum absolute atomic E-state index is 12.4. The molecule has 1 atom stereocenters. The molecule has 0 amide bonds. The van der Waals surface area contributed by atoms with Crippen molar-refractivity contribution in [1.29, 1.82) is 0 Å². The summed E-state index contributed by atoms with van der Waals surface area (Å²) in [5, 5.41) is 3.28. The van der Waals surface area contributed by atoms with Gasteiger partial charge in [-0.15, -0.1) is 0 Å². The molecule has 0 aromatic heterocycles. The van der Waals surface area contributed by atoms with Crippen molar-refractivity contribution >= 4 is 10.0 Å². The van der Waals surface area contributed by atoms with Crippen LogP contribution in [0.2, 0.25) is 0 Å². The molecule has 19 heavy (non-hydrogen) atoms. The van der Waals surface area contributed by atoms with Crippen molar-refractivity contribution in [2.24, 2.45) is 5.92 Å². The number of sulfonamides is 1. The largest absolute Gasteiger partial charge is 0.317 e. The summed E-state index contributed by atoms with van der Waals surface area (Å²) < 4.78 is 26.3. The fourth-order valence-corrected chi connectivity index (χ4v) is 4.68. The Balaban J connectivity index is 1.86. The molecule has 0 bridgehead atoms. The topological polar surface area (TPSA) is 52.7 Å². The summed E-state index contributed by atoms with van der Waals surface area (Å²) in [7, 11) is 0.735. The first-order chi connectivity index (χ1) is 8.99. The predicted molar refractivity (Wildman–Crippen MR) is 77.7 cm³/mol. The summed E-state index contributed by atoms with van der Waals surface area (Å²) in [5.74, 6) is 0.650. The molecule has 2 fully saturated rings. The van der Waals surface area contributed by atoms with E-state index in [0.29, 0.717) is 24.3 Å². The molecule has 0 radical (unpaired) electrons. The third-order valence-corrected chi connectivity index (χ3v) is 6.51. The van der Waals surface area contributed by atoms with Gasteiger partial charge in [0, 0.05) is 19.6 Å². The molecule has 1 unspecified atom stereocenters. The number of nitrogens with one attached hydrogen (secondary N) is 1. The van der Waals surface area contributed by atoms with Crippen LogP contribution in [0.3, 0.4) is 0 Å². The second-order valence-electron chi connectivity index (χ2n) is 6.03. The van der Waals surface area contributed by atoms with E-state index in [1.54, 1.807) is 11.4 Å². The Kier molecular flexibility index (Phi) is 5.22. The van der Waals surface area contributed by atoms with E-state index in [2.05, 4.69) is 17.3 Å². The molecule has 2 aliphatic heterocycles. The van der Waals surface area contributed by atoms with Crippen LogP contribution in [-0.2, 0) is 10.0 Å². The first-order valence-corrected chi connectivity index (χ1v) is 8.95. The van der Waals surface area contributed by atoms with Gasteiger partial charge >= 0.3 is 0 Å². The Hall–Kier alpha value is -0.170. The van der Waals surface area contributed by atoms with Gasteiger partial charge in [0.05, 0.1) is 5.75 Å². The highest BCUT2D eigenvalue weighted by atomic mass is 32.2. The molecule has 2 aliphatic rings. The maximum atomic E-state index is 12.4. The molecule has 0 spiro atoms. The van der Waals surface area contributed by atoms with Crippen molar-refractivity contribution in [2.45, 2.75) is 31.7 Å². The van der Waals surface area contributed by atoms with Crippen molar-refractivity contribution in [3.63, 3.8) is 0 Å². The summed E-state index contributed by atoms with van der Waals surface area (Å²) >= 11 is 0. The molecule has 0 saturated carbocycles. The lowest BCUT2D eigenvalue weighted by Crippen LogP contribution is -2.42. The van der Waals surface area contributed by atoms with Crippen LogP contribution in [0.25, 0.3) is 0 Å². The molecule has 112 valence electrons. The third-order valence-electron chi connectivity index (χ3n) is 4.52. The van der Waals surface area contributed by atoms with Gasteiger partial charge in [0.15, 0.2) is 0 Å². The molecular weight excluding hydrogens is 262 g/mol. The fraction of sp³-hybridized carbons (Fsp3) is 1.00. The molecule has 0 aliphatic carbocycles. The normalized spacial score (nSPS) is 27.2. The van der Waals surface area contributed by atoms with Crippen LogP contribution in [0, 0.1) is 5.92 Å². The standard InChI is InChI=1S/C13H27N3O2S/c1-15-9-3-4-13(15)10-16(2)19(17,18)11-12-5-7-14-8-6-12/h12-14H,3-11H2,1-2H3. The zero-order valence-corrected chi connectivity index (χ0v) is 13.0. The van der Waals surface area contributed by atoms with E-state index in [-0.39, 0.29) is 0 Å². The zero-order chi connectivity index (χ0) is 13.9. The average Bonchev–Trinajstić information content (AvgIpc) is 2.76. The molecular formula is C13H27N3O2S. The Bertz CT molecular complexity index is 379. The molecule has 5 nitrogen and oxygen atoms in total. The Morgan fingerprint density at radius 3 is 2.53 bits per heavy atom. The lowest BCUT2D eigenvalue weighted by atomic mass is 10.0. The van der Waals surface area contributed by atoms with Gasteiger partial charge in [-0.3, -0.25) is 0 Å². The van der Waals surface area contributed by atoms with E-state index >= 15 is 0 Å². The monoisotopic (exact) mass is 289 g/mol. The van der Waals surface area contributed by atoms with Crippen LogP contribution in [0.15, 0.2) is 0 Å². The summed E-state index contributed by atoms with van der Waals surface area (Å²) in [6.45, 7) is 3.64. The van der Waals surface area contributed by atoms with E-state index in [4.69, 9.17) is 0 Å². The lowest BCUT2D eigenvalue weighted by molar-refractivity contribution is 0.269. The van der Waals surface area contributed by atoms with Crippen molar-refractivity contribution in [1.82, 2.24) is 14.5 Å². The second-order valence-corrected chi connectivity index (χ2v) is 8.15. The zero-order valence-electron chi connectivity index (χ0n) is 12.1. The van der Waals surface area contributed by atoms with Gasteiger partial charge < -0.3 is 10.2 Å². The van der Waals surface area contributed by atoms with E-state index in [9.17, 15) is 8.42 Å². The van der Waals surface area contributed by atoms with E-state index in [1.807, 2.05) is 0 Å². The Morgan fingerprint density at radius 2 is 1.95 bits per heavy atom. The van der Waals surface area contributed by atoms with Crippen molar-refractivity contribution in [3.05, 3.63) is 0 Å². The Morgan fingerprint density at radius 1 is 1.26 bits per heavy atom. The van der Waals surface area contributed by atoms with Gasteiger partial charge in [0.2, 0.25) is 10.0 Å². The van der Waals surface area contributed by atoms with Gasteiger partial charge in [-0.2, -0.15) is 0 Å². The highest BCUT2D eigenvalue weighted by molar-refractivity contribution is 7.89. The number of hydrogen-bond acceptors (Lipinski definition) is 4. The minimum atomic E-state index is -3.09. The van der Waals surface area contributed by atoms with Crippen LogP contribution in [0.1, 0.15) is 25.7 Å². The van der Waals surface area contributed by atoms with E-state index < -0.39 is 10.0 Å². The maximum Gasteiger partial charge on any atom is 0.214 e. The molecule has 0 aromatic rings. The second kappa shape index (κ2) is 6.52. The smallest absolute Gasteiger partial charge is 0.214 e. The molecule has 2 heterocycles. The van der Waals surface area contributed by atoms with E-state index in [0.717, 1.165) is 38.9 Å². The Labute approximate surface area is 117 Å². The molecule has 2 rings (SSSR count). The number of nitrogens with zero attached hydrogens (tertiary/aromatic N) is 2. The minimum Gasteiger partial charge on any atom is -0.317 e. The number of piperidine rings is 1. The molecule has 6 heteroatoms. The summed E-state index contributed by atoms with van der Waals surface area (Å²) in [6.07, 6.45) is 4.26. The summed E-state index contributed by atoms with van der Waals surface area (Å²) in [4.78, 5) is 2.27. The number of hydrogen-bond donors (Lipinski definition) is 1. The summed E-state index contributed by atoms with van der Waals surface area (Å²) in [5.41, 5.74) is 0. The first kappa shape index (κ1) is 15.2. The molecule has 2 saturated heterocycles. The lowest BCUT2D eigenvalue weighted by Gasteiger charge is -2.28. The number of likely N-dealkylation sites (tertiary alicyclic amines) is 1. The third kappa shape index (κ3) is 4.15. The van der Waals surface area contributed by atoms with Crippen LogP contribution >= 0.6 is 0 Å². The highest BCUT2D eigenvalue weighted by Gasteiger charge is 2.29. The van der Waals surface area contributed by atoms with Gasteiger partial charge in [0.25, 0.3) is 0 Å². The summed E-state index contributed by atoms with van der Waals surface area (Å²) in [6, 6.07) is 0.396. The van der Waals surface area contributed by atoms with Crippen LogP contribution in [-0.4, -0.2) is 69.7 Å². The molecule has 0 aromatic carbocycles. The number of rotatable bonds is 5. The van der Waals surface area contributed by atoms with Crippen molar-refractivity contribution in [3.8, 4) is 0 Å². The van der Waals surface area contributed by atoms with Crippen molar-refractivity contribution < 1.29 is 8.42 Å². The van der Waals surface area contributed by atoms with Gasteiger partial charge in [-0.1, -0.05) is 0 Å². The quantitative estimate of drug-likeness (QED) is 0.793. The predicted octanol–water partition coefficient (Wildman–Crippen LogP) is 0.342. The van der Waals surface area contributed by atoms with Crippen molar-refractivity contribution in [2.75, 3.05) is 46.0 Å². The van der Waals surface area contributed by atoms with Gasteiger partial charge in [-0.25, -0.2) is 12.7 Å². The van der Waals surface area contributed by atoms with Crippen LogP contribution in [0.5, 0.6) is 0 Å². The van der Waals surface area contributed by atoms with Gasteiger partial charge in [0.1, 0.15) is 0 Å². The number of likely N-dealkylation sites (N-methyl/N-ethyl adjacent to an activating group) is 2. The van der Waals surface area contributed by atoms with Crippen LogP contribution < -0.4 is 5.32 Å².